The largest absolute Gasteiger partial charge is 0.489 e. The quantitative estimate of drug-likeness (QED) is 0.593. The molecule has 168 valence electrons. The lowest BCUT2D eigenvalue weighted by molar-refractivity contribution is -0.156. The Morgan fingerprint density at radius 1 is 1.19 bits per heavy atom. The smallest absolute Gasteiger partial charge is 0.308 e. The minimum atomic E-state index is -0.540. The molecule has 3 rings (SSSR count). The molecule has 0 aromatic heterocycles. The number of nitriles is 1. The molecule has 1 aliphatic heterocycles. The minimum Gasteiger partial charge on any atom is -0.489 e. The lowest BCUT2D eigenvalue weighted by Crippen LogP contribution is -2.46. The summed E-state index contributed by atoms with van der Waals surface area (Å²) in [6.07, 6.45) is 1.59. The molecule has 1 unspecified atom stereocenters. The van der Waals surface area contributed by atoms with E-state index in [1.165, 1.54) is 0 Å². The summed E-state index contributed by atoms with van der Waals surface area (Å²) >= 11 is 0. The molecule has 0 bridgehead atoms. The zero-order valence-electron chi connectivity index (χ0n) is 19.2. The van der Waals surface area contributed by atoms with Crippen molar-refractivity contribution in [3.8, 4) is 11.8 Å². The summed E-state index contributed by atoms with van der Waals surface area (Å²) in [5.41, 5.74) is 2.65. The number of benzene rings is 2. The third-order valence-electron chi connectivity index (χ3n) is 5.41. The van der Waals surface area contributed by atoms with Gasteiger partial charge in [-0.3, -0.25) is 9.59 Å². The molecular weight excluding hydrogens is 404 g/mol. The molecule has 6 heteroatoms. The number of nitrogens with zero attached hydrogens (tertiary/aromatic N) is 2. The molecule has 1 atom stereocenters. The molecule has 0 radical (unpaired) electrons. The molecule has 0 spiro atoms. The summed E-state index contributed by atoms with van der Waals surface area (Å²) in [5, 5.41) is 8.89. The van der Waals surface area contributed by atoms with Gasteiger partial charge in [0.2, 0.25) is 0 Å². The predicted octanol–water partition coefficient (Wildman–Crippen LogP) is 4.65. The van der Waals surface area contributed by atoms with Gasteiger partial charge in [-0.2, -0.15) is 5.26 Å². The molecular formula is C26H30N2O4. The molecule has 0 N–H and O–H groups in total. The third kappa shape index (κ3) is 5.88. The van der Waals surface area contributed by atoms with Crippen LogP contribution in [0.5, 0.6) is 5.75 Å². The molecule has 0 saturated carbocycles. The number of rotatable bonds is 7. The highest BCUT2D eigenvalue weighted by atomic mass is 16.6. The van der Waals surface area contributed by atoms with E-state index in [0.717, 1.165) is 11.1 Å². The summed E-state index contributed by atoms with van der Waals surface area (Å²) in [6, 6.07) is 14.7. The van der Waals surface area contributed by atoms with Gasteiger partial charge in [-0.15, -0.1) is 0 Å². The Hall–Kier alpha value is -3.33. The standard InChI is InChI=1S/C26H30N2O4/c1-5-21(15-24(29)32-26(2,3)4)28-13-12-20-14-22(10-11-23(20)25(28)30)31-17-19-8-6-18(16-27)7-9-19/h6-11,14,21H,5,12-13,15,17H2,1-4H3. The first-order valence-electron chi connectivity index (χ1n) is 11.0. The van der Waals surface area contributed by atoms with Gasteiger partial charge in [0.15, 0.2) is 0 Å². The zero-order valence-corrected chi connectivity index (χ0v) is 19.2. The molecule has 2 aromatic carbocycles. The fourth-order valence-electron chi connectivity index (χ4n) is 3.81. The first-order valence-corrected chi connectivity index (χ1v) is 11.0. The lowest BCUT2D eigenvalue weighted by Gasteiger charge is -2.35. The Bertz CT molecular complexity index is 1020. The lowest BCUT2D eigenvalue weighted by atomic mass is 9.96. The van der Waals surface area contributed by atoms with Gasteiger partial charge in [-0.05, 0) is 75.1 Å². The van der Waals surface area contributed by atoms with Gasteiger partial charge in [0.25, 0.3) is 5.91 Å². The number of esters is 1. The van der Waals surface area contributed by atoms with Crippen molar-refractivity contribution in [1.29, 1.82) is 5.26 Å². The first kappa shape index (κ1) is 23.3. The van der Waals surface area contributed by atoms with Gasteiger partial charge in [0.05, 0.1) is 18.1 Å². The van der Waals surface area contributed by atoms with Gasteiger partial charge in [-0.1, -0.05) is 19.1 Å². The van der Waals surface area contributed by atoms with E-state index in [2.05, 4.69) is 6.07 Å². The molecule has 0 fully saturated rings. The Labute approximate surface area is 189 Å². The van der Waals surface area contributed by atoms with Gasteiger partial charge in [-0.25, -0.2) is 0 Å². The average Bonchev–Trinajstić information content (AvgIpc) is 2.75. The third-order valence-corrected chi connectivity index (χ3v) is 5.41. The summed E-state index contributed by atoms with van der Waals surface area (Å²) in [7, 11) is 0. The van der Waals surface area contributed by atoms with E-state index in [4.69, 9.17) is 14.7 Å². The van der Waals surface area contributed by atoms with Crippen molar-refractivity contribution >= 4 is 11.9 Å². The maximum absolute atomic E-state index is 13.1. The van der Waals surface area contributed by atoms with Crippen molar-refractivity contribution in [2.24, 2.45) is 0 Å². The van der Waals surface area contributed by atoms with Crippen LogP contribution in [-0.2, 0) is 22.6 Å². The Balaban J connectivity index is 1.65. The van der Waals surface area contributed by atoms with Gasteiger partial charge >= 0.3 is 5.97 Å². The highest BCUT2D eigenvalue weighted by molar-refractivity contribution is 5.97. The van der Waals surface area contributed by atoms with Crippen LogP contribution in [0, 0.1) is 11.3 Å². The molecule has 0 saturated heterocycles. The van der Waals surface area contributed by atoms with Crippen molar-refractivity contribution in [3.05, 3.63) is 64.7 Å². The van der Waals surface area contributed by atoms with Crippen LogP contribution in [-0.4, -0.2) is 35.0 Å². The molecule has 6 nitrogen and oxygen atoms in total. The van der Waals surface area contributed by atoms with Crippen molar-refractivity contribution in [1.82, 2.24) is 4.90 Å². The second kappa shape index (κ2) is 9.86. The fraction of sp³-hybridized carbons (Fsp3) is 0.423. The number of amides is 1. The fourth-order valence-corrected chi connectivity index (χ4v) is 3.81. The van der Waals surface area contributed by atoms with Crippen LogP contribution in [0.25, 0.3) is 0 Å². The second-order valence-electron chi connectivity index (χ2n) is 9.02. The summed E-state index contributed by atoms with van der Waals surface area (Å²) < 4.78 is 11.3. The number of fused-ring (bicyclic) bond motifs is 1. The molecule has 1 amide bonds. The summed E-state index contributed by atoms with van der Waals surface area (Å²) in [5.74, 6) is 0.366. The number of carbonyl (C=O) groups excluding carboxylic acids is 2. The van der Waals surface area contributed by atoms with Crippen molar-refractivity contribution in [2.45, 2.75) is 65.2 Å². The average molecular weight is 435 g/mol. The zero-order chi connectivity index (χ0) is 23.3. The van der Waals surface area contributed by atoms with Gasteiger partial charge in [0.1, 0.15) is 18.0 Å². The SMILES string of the molecule is CCC(CC(=O)OC(C)(C)C)N1CCc2cc(OCc3ccc(C#N)cc3)ccc2C1=O. The van der Waals surface area contributed by atoms with Gasteiger partial charge < -0.3 is 14.4 Å². The van der Waals surface area contributed by atoms with Crippen LogP contribution in [0.4, 0.5) is 0 Å². The maximum Gasteiger partial charge on any atom is 0.308 e. The van der Waals surface area contributed by atoms with E-state index >= 15 is 0 Å². The van der Waals surface area contributed by atoms with E-state index in [-0.39, 0.29) is 24.3 Å². The van der Waals surface area contributed by atoms with E-state index in [1.54, 1.807) is 29.2 Å². The number of hydrogen-bond acceptors (Lipinski definition) is 5. The van der Waals surface area contributed by atoms with Crippen molar-refractivity contribution < 1.29 is 19.1 Å². The van der Waals surface area contributed by atoms with Crippen LogP contribution in [0.3, 0.4) is 0 Å². The van der Waals surface area contributed by atoms with Crippen LogP contribution in [0.2, 0.25) is 0 Å². The number of ether oxygens (including phenoxy) is 2. The van der Waals surface area contributed by atoms with E-state index < -0.39 is 5.60 Å². The minimum absolute atomic E-state index is 0.0553. The van der Waals surface area contributed by atoms with E-state index in [1.807, 2.05) is 45.9 Å². The van der Waals surface area contributed by atoms with E-state index in [9.17, 15) is 9.59 Å². The first-order chi connectivity index (χ1) is 15.2. The molecule has 2 aromatic rings. The molecule has 1 aliphatic rings. The van der Waals surface area contributed by atoms with Crippen LogP contribution < -0.4 is 4.74 Å². The van der Waals surface area contributed by atoms with Crippen LogP contribution in [0.15, 0.2) is 42.5 Å². The van der Waals surface area contributed by atoms with Crippen LogP contribution >= 0.6 is 0 Å². The summed E-state index contributed by atoms with van der Waals surface area (Å²) in [6.45, 7) is 8.46. The van der Waals surface area contributed by atoms with Crippen molar-refractivity contribution in [3.63, 3.8) is 0 Å². The highest BCUT2D eigenvalue weighted by Gasteiger charge is 2.31. The highest BCUT2D eigenvalue weighted by Crippen LogP contribution is 2.27. The normalized spacial score (nSPS) is 14.3. The van der Waals surface area contributed by atoms with Crippen LogP contribution in [0.1, 0.15) is 67.6 Å². The number of hydrogen-bond donors (Lipinski definition) is 0. The Morgan fingerprint density at radius 2 is 1.91 bits per heavy atom. The second-order valence-corrected chi connectivity index (χ2v) is 9.02. The Morgan fingerprint density at radius 3 is 2.53 bits per heavy atom. The van der Waals surface area contributed by atoms with E-state index in [0.29, 0.717) is 42.9 Å². The predicted molar refractivity (Wildman–Crippen MR) is 121 cm³/mol. The maximum atomic E-state index is 13.1. The molecule has 1 heterocycles. The van der Waals surface area contributed by atoms with Crippen molar-refractivity contribution in [2.75, 3.05) is 6.54 Å². The monoisotopic (exact) mass is 434 g/mol. The molecule has 32 heavy (non-hydrogen) atoms. The number of carbonyl (C=O) groups is 2. The topological polar surface area (TPSA) is 79.6 Å². The Kier molecular flexibility index (Phi) is 7.19. The van der Waals surface area contributed by atoms with Gasteiger partial charge in [0, 0.05) is 18.2 Å². The summed E-state index contributed by atoms with van der Waals surface area (Å²) in [4.78, 5) is 27.2. The molecule has 0 aliphatic carbocycles.